The van der Waals surface area contributed by atoms with Crippen molar-refractivity contribution in [1.82, 2.24) is 0 Å². The van der Waals surface area contributed by atoms with E-state index in [1.165, 1.54) is 24.3 Å². The van der Waals surface area contributed by atoms with Crippen LogP contribution < -0.4 is 0 Å². The van der Waals surface area contributed by atoms with Gasteiger partial charge in [0.15, 0.2) is 6.61 Å². The maximum absolute atomic E-state index is 11.6. The lowest BCUT2D eigenvalue weighted by Gasteiger charge is -2.02. The van der Waals surface area contributed by atoms with E-state index in [0.717, 1.165) is 6.08 Å². The molecule has 6 nitrogen and oxygen atoms in total. The molecule has 0 aliphatic rings. The van der Waals surface area contributed by atoms with E-state index >= 15 is 0 Å². The minimum Gasteiger partial charge on any atom is -0.454 e. The number of ketones is 1. The molecule has 1 aromatic rings. The summed E-state index contributed by atoms with van der Waals surface area (Å²) in [5.74, 6) is -1.38. The lowest BCUT2D eigenvalue weighted by molar-refractivity contribution is -0.385. The van der Waals surface area contributed by atoms with E-state index in [9.17, 15) is 19.7 Å². The lowest BCUT2D eigenvalue weighted by atomic mass is 10.1. The number of carbonyl (C=O) groups is 2. The first kappa shape index (κ1) is 12.6. The molecule has 0 fully saturated rings. The number of nitrogens with zero attached hydrogens (tertiary/aromatic N) is 1. The van der Waals surface area contributed by atoms with Crippen molar-refractivity contribution >= 4 is 17.4 Å². The predicted octanol–water partition coefficient (Wildman–Crippen LogP) is 1.51. The summed E-state index contributed by atoms with van der Waals surface area (Å²) in [6, 6.07) is 5.46. The molecule has 6 heteroatoms. The van der Waals surface area contributed by atoms with Crippen molar-refractivity contribution in [2.24, 2.45) is 0 Å². The Balaban J connectivity index is 2.85. The largest absolute Gasteiger partial charge is 0.454 e. The van der Waals surface area contributed by atoms with Crippen molar-refractivity contribution in [1.29, 1.82) is 0 Å². The van der Waals surface area contributed by atoms with Crippen LogP contribution in [0.1, 0.15) is 10.4 Å². The molecule has 0 radical (unpaired) electrons. The van der Waals surface area contributed by atoms with E-state index in [0.29, 0.717) is 0 Å². The van der Waals surface area contributed by atoms with Crippen LogP contribution in [0.5, 0.6) is 0 Å². The number of para-hydroxylation sites is 1. The minimum atomic E-state index is -0.753. The summed E-state index contributed by atoms with van der Waals surface area (Å²) in [7, 11) is 0. The number of benzene rings is 1. The molecule has 88 valence electrons. The Morgan fingerprint density at radius 2 is 2.06 bits per heavy atom. The number of rotatable bonds is 5. The second kappa shape index (κ2) is 5.55. The molecule has 1 rings (SSSR count). The monoisotopic (exact) mass is 235 g/mol. The molecule has 0 aromatic heterocycles. The fraction of sp³-hybridized carbons (Fsp3) is 0.0909. The van der Waals surface area contributed by atoms with Gasteiger partial charge in [-0.1, -0.05) is 18.7 Å². The Kier molecular flexibility index (Phi) is 4.10. The fourth-order valence-corrected chi connectivity index (χ4v) is 1.14. The number of hydrogen-bond acceptors (Lipinski definition) is 5. The van der Waals surface area contributed by atoms with Crippen LogP contribution in [0.2, 0.25) is 0 Å². The molecule has 0 atom stereocenters. The molecular weight excluding hydrogens is 226 g/mol. The van der Waals surface area contributed by atoms with E-state index in [1.807, 2.05) is 0 Å². The van der Waals surface area contributed by atoms with Gasteiger partial charge in [0.1, 0.15) is 0 Å². The highest BCUT2D eigenvalue weighted by Crippen LogP contribution is 2.18. The van der Waals surface area contributed by atoms with Crippen molar-refractivity contribution in [3.05, 3.63) is 52.6 Å². The molecule has 0 bridgehead atoms. The van der Waals surface area contributed by atoms with Crippen LogP contribution in [0.4, 0.5) is 5.69 Å². The topological polar surface area (TPSA) is 86.5 Å². The molecule has 17 heavy (non-hydrogen) atoms. The highest BCUT2D eigenvalue weighted by molar-refractivity contribution is 6.01. The van der Waals surface area contributed by atoms with Gasteiger partial charge in [-0.15, -0.1) is 0 Å². The van der Waals surface area contributed by atoms with Crippen LogP contribution in [-0.2, 0) is 9.53 Å². The molecular formula is C11H9NO5. The summed E-state index contributed by atoms with van der Waals surface area (Å²) >= 11 is 0. The van der Waals surface area contributed by atoms with Crippen molar-refractivity contribution in [2.45, 2.75) is 0 Å². The summed E-state index contributed by atoms with van der Waals surface area (Å²) in [4.78, 5) is 32.3. The van der Waals surface area contributed by atoms with Gasteiger partial charge < -0.3 is 4.74 Å². The van der Waals surface area contributed by atoms with Crippen LogP contribution >= 0.6 is 0 Å². The van der Waals surface area contributed by atoms with Gasteiger partial charge in [0, 0.05) is 12.1 Å². The van der Waals surface area contributed by atoms with Gasteiger partial charge in [0.05, 0.1) is 10.5 Å². The highest BCUT2D eigenvalue weighted by atomic mass is 16.6. The zero-order valence-corrected chi connectivity index (χ0v) is 8.79. The van der Waals surface area contributed by atoms with Crippen molar-refractivity contribution in [3.63, 3.8) is 0 Å². The highest BCUT2D eigenvalue weighted by Gasteiger charge is 2.19. The molecule has 0 aliphatic carbocycles. The van der Waals surface area contributed by atoms with E-state index in [1.54, 1.807) is 0 Å². The van der Waals surface area contributed by atoms with Crippen molar-refractivity contribution in [3.8, 4) is 0 Å². The predicted molar refractivity (Wildman–Crippen MR) is 58.6 cm³/mol. The zero-order valence-electron chi connectivity index (χ0n) is 8.79. The normalized spacial score (nSPS) is 9.41. The van der Waals surface area contributed by atoms with E-state index < -0.39 is 23.3 Å². The van der Waals surface area contributed by atoms with Gasteiger partial charge in [0.2, 0.25) is 5.78 Å². The number of carbonyl (C=O) groups excluding carboxylic acids is 2. The number of nitro benzene ring substituents is 1. The average Bonchev–Trinajstić information content (AvgIpc) is 2.35. The second-order valence-electron chi connectivity index (χ2n) is 3.01. The Hall–Kier alpha value is -2.50. The van der Waals surface area contributed by atoms with Gasteiger partial charge in [-0.25, -0.2) is 4.79 Å². The molecule has 0 heterocycles. The van der Waals surface area contributed by atoms with Gasteiger partial charge in [-0.2, -0.15) is 0 Å². The molecule has 1 aromatic carbocycles. The number of nitro groups is 1. The molecule has 0 spiro atoms. The summed E-state index contributed by atoms with van der Waals surface area (Å²) in [5, 5.41) is 10.6. The Labute approximate surface area is 96.7 Å². The van der Waals surface area contributed by atoms with E-state index in [2.05, 4.69) is 11.3 Å². The first-order valence-electron chi connectivity index (χ1n) is 4.62. The van der Waals surface area contributed by atoms with Gasteiger partial charge in [0.25, 0.3) is 5.69 Å². The fourth-order valence-electron chi connectivity index (χ4n) is 1.14. The Bertz CT molecular complexity index is 481. The third kappa shape index (κ3) is 3.23. The van der Waals surface area contributed by atoms with Crippen molar-refractivity contribution < 1.29 is 19.2 Å². The number of Topliss-reactive ketones (excluding diaryl/α,β-unsaturated/α-hetero) is 1. The van der Waals surface area contributed by atoms with Crippen LogP contribution in [0.15, 0.2) is 36.9 Å². The van der Waals surface area contributed by atoms with Crippen LogP contribution in [0.3, 0.4) is 0 Å². The maximum atomic E-state index is 11.6. The molecule has 0 unspecified atom stereocenters. The second-order valence-corrected chi connectivity index (χ2v) is 3.01. The van der Waals surface area contributed by atoms with Crippen LogP contribution in [-0.4, -0.2) is 23.3 Å². The van der Waals surface area contributed by atoms with E-state index in [4.69, 9.17) is 0 Å². The first-order valence-corrected chi connectivity index (χ1v) is 4.62. The third-order valence-corrected chi connectivity index (χ3v) is 1.91. The summed E-state index contributed by atoms with van der Waals surface area (Å²) in [5.41, 5.74) is -0.401. The quantitative estimate of drug-likeness (QED) is 0.254. The first-order chi connectivity index (χ1) is 8.06. The molecule has 0 amide bonds. The molecule has 0 saturated carbocycles. The summed E-state index contributed by atoms with van der Waals surface area (Å²) in [6.07, 6.45) is 0.909. The van der Waals surface area contributed by atoms with Gasteiger partial charge >= 0.3 is 5.97 Å². The van der Waals surface area contributed by atoms with Crippen LogP contribution in [0, 0.1) is 10.1 Å². The zero-order chi connectivity index (χ0) is 12.8. The summed E-state index contributed by atoms with van der Waals surface area (Å²) < 4.78 is 4.51. The van der Waals surface area contributed by atoms with Gasteiger partial charge in [-0.05, 0) is 6.07 Å². The Morgan fingerprint density at radius 1 is 1.41 bits per heavy atom. The Morgan fingerprint density at radius 3 is 2.65 bits per heavy atom. The van der Waals surface area contributed by atoms with Crippen molar-refractivity contribution in [2.75, 3.05) is 6.61 Å². The molecule has 0 saturated heterocycles. The SMILES string of the molecule is C=CC(=O)OCC(=O)c1ccccc1[N+](=O)[O-]. The van der Waals surface area contributed by atoms with E-state index in [-0.39, 0.29) is 11.3 Å². The average molecular weight is 235 g/mol. The smallest absolute Gasteiger partial charge is 0.330 e. The minimum absolute atomic E-state index is 0.0886. The van der Waals surface area contributed by atoms with Gasteiger partial charge in [-0.3, -0.25) is 14.9 Å². The standard InChI is InChI=1S/C11H9NO5/c1-2-11(14)17-7-10(13)8-5-3-4-6-9(8)12(15)16/h2-6H,1,7H2. The third-order valence-electron chi connectivity index (χ3n) is 1.91. The number of esters is 1. The maximum Gasteiger partial charge on any atom is 0.330 e. The molecule has 0 aliphatic heterocycles. The summed E-state index contributed by atoms with van der Waals surface area (Å²) in [6.45, 7) is 2.62. The molecule has 0 N–H and O–H groups in total. The number of ether oxygens (including phenoxy) is 1. The van der Waals surface area contributed by atoms with Crippen LogP contribution in [0.25, 0.3) is 0 Å². The lowest BCUT2D eigenvalue weighted by Crippen LogP contribution is -2.13. The number of hydrogen-bond donors (Lipinski definition) is 0.